The number of ether oxygens (including phenoxy) is 2. The number of aromatic nitrogens is 4. The van der Waals surface area contributed by atoms with Crippen molar-refractivity contribution in [1.29, 1.82) is 0 Å². The Bertz CT molecular complexity index is 1140. The first-order valence-electron chi connectivity index (χ1n) is 9.78. The summed E-state index contributed by atoms with van der Waals surface area (Å²) >= 11 is 5.98. The van der Waals surface area contributed by atoms with E-state index in [-0.39, 0.29) is 17.8 Å². The molecule has 1 saturated heterocycles. The fourth-order valence-corrected chi connectivity index (χ4v) is 3.59. The topological polar surface area (TPSA) is 82.4 Å². The van der Waals surface area contributed by atoms with Gasteiger partial charge in [0.2, 0.25) is 0 Å². The second kappa shape index (κ2) is 8.77. The van der Waals surface area contributed by atoms with Crippen molar-refractivity contribution in [1.82, 2.24) is 24.6 Å². The maximum atomic E-state index is 13.0. The van der Waals surface area contributed by atoms with Crippen molar-refractivity contribution >= 4 is 23.6 Å². The number of hydrogen-bond acceptors (Lipinski definition) is 6. The number of carbonyl (C=O) groups is 1. The SMILES string of the molecule is COc1cc(/C=C2\O[C@H](C)CN(Cc3cccc(Cl)n3)C2=O)ccc1-n1cnc(C)n1. The lowest BCUT2D eigenvalue weighted by Crippen LogP contribution is -2.43. The van der Waals surface area contributed by atoms with Crippen LogP contribution in [-0.4, -0.2) is 50.3 Å². The van der Waals surface area contributed by atoms with Crippen molar-refractivity contribution in [3.8, 4) is 11.4 Å². The van der Waals surface area contributed by atoms with Crippen LogP contribution in [-0.2, 0) is 16.1 Å². The summed E-state index contributed by atoms with van der Waals surface area (Å²) in [6.45, 7) is 4.58. The normalized spacial score (nSPS) is 17.7. The molecule has 1 atom stereocenters. The van der Waals surface area contributed by atoms with Crippen LogP contribution in [0, 0.1) is 6.92 Å². The van der Waals surface area contributed by atoms with Gasteiger partial charge in [-0.25, -0.2) is 14.6 Å². The Hall–Kier alpha value is -3.39. The van der Waals surface area contributed by atoms with E-state index in [9.17, 15) is 4.79 Å². The summed E-state index contributed by atoms with van der Waals surface area (Å²) in [7, 11) is 1.59. The van der Waals surface area contributed by atoms with E-state index in [0.29, 0.717) is 29.8 Å². The van der Waals surface area contributed by atoms with Crippen molar-refractivity contribution in [2.45, 2.75) is 26.5 Å². The molecule has 1 fully saturated rings. The molecule has 0 unspecified atom stereocenters. The first-order chi connectivity index (χ1) is 14.9. The number of rotatable bonds is 5. The molecular formula is C22H22ClN5O3. The molecule has 160 valence electrons. The van der Waals surface area contributed by atoms with Crippen LogP contribution < -0.4 is 4.74 Å². The molecule has 9 heteroatoms. The van der Waals surface area contributed by atoms with Crippen LogP contribution in [0.4, 0.5) is 0 Å². The standard InChI is InChI=1S/C22H22ClN5O3/c1-14-11-27(12-17-5-4-6-21(23)25-17)22(29)20(31-14)10-16-7-8-18(19(9-16)30-3)28-13-24-15(2)26-28/h4-10,13-14H,11-12H2,1-3H3/b20-10-/t14-/m1/s1. The smallest absolute Gasteiger partial charge is 0.289 e. The van der Waals surface area contributed by atoms with Crippen LogP contribution in [0.1, 0.15) is 24.0 Å². The summed E-state index contributed by atoms with van der Waals surface area (Å²) in [5.74, 6) is 1.34. The zero-order valence-corrected chi connectivity index (χ0v) is 18.2. The first kappa shape index (κ1) is 20.9. The predicted molar refractivity (Wildman–Crippen MR) is 116 cm³/mol. The number of pyridine rings is 1. The molecule has 0 saturated carbocycles. The van der Waals surface area contributed by atoms with Crippen LogP contribution >= 0.6 is 11.6 Å². The Morgan fingerprint density at radius 1 is 1.32 bits per heavy atom. The molecule has 0 radical (unpaired) electrons. The van der Waals surface area contributed by atoms with Gasteiger partial charge in [-0.3, -0.25) is 4.79 Å². The molecule has 0 bridgehead atoms. The van der Waals surface area contributed by atoms with E-state index < -0.39 is 0 Å². The third-order valence-electron chi connectivity index (χ3n) is 4.78. The van der Waals surface area contributed by atoms with Gasteiger partial charge in [-0.2, -0.15) is 5.10 Å². The number of aryl methyl sites for hydroxylation is 1. The Labute approximate surface area is 185 Å². The van der Waals surface area contributed by atoms with Gasteiger partial charge in [0.25, 0.3) is 5.91 Å². The highest BCUT2D eigenvalue weighted by Crippen LogP contribution is 2.27. The van der Waals surface area contributed by atoms with Crippen molar-refractivity contribution in [2.24, 2.45) is 0 Å². The number of halogens is 1. The lowest BCUT2D eigenvalue weighted by Gasteiger charge is -2.32. The molecule has 1 aliphatic heterocycles. The highest BCUT2D eigenvalue weighted by Gasteiger charge is 2.29. The molecule has 8 nitrogen and oxygen atoms in total. The minimum absolute atomic E-state index is 0.151. The molecule has 3 aromatic rings. The summed E-state index contributed by atoms with van der Waals surface area (Å²) in [5.41, 5.74) is 2.25. The second-order valence-electron chi connectivity index (χ2n) is 7.24. The quantitative estimate of drug-likeness (QED) is 0.447. The van der Waals surface area contributed by atoms with Crippen LogP contribution in [0.2, 0.25) is 5.15 Å². The summed E-state index contributed by atoms with van der Waals surface area (Å²) in [6.07, 6.45) is 3.19. The summed E-state index contributed by atoms with van der Waals surface area (Å²) in [6, 6.07) is 10.9. The van der Waals surface area contributed by atoms with Gasteiger partial charge in [-0.1, -0.05) is 23.7 Å². The summed E-state index contributed by atoms with van der Waals surface area (Å²) in [5, 5.41) is 4.72. The highest BCUT2D eigenvalue weighted by atomic mass is 35.5. The van der Waals surface area contributed by atoms with E-state index in [4.69, 9.17) is 21.1 Å². The third-order valence-corrected chi connectivity index (χ3v) is 4.99. The number of methoxy groups -OCH3 is 1. The Morgan fingerprint density at radius 2 is 2.16 bits per heavy atom. The first-order valence-corrected chi connectivity index (χ1v) is 10.2. The molecular weight excluding hydrogens is 418 g/mol. The van der Waals surface area contributed by atoms with E-state index in [2.05, 4.69) is 15.1 Å². The monoisotopic (exact) mass is 439 g/mol. The number of amides is 1. The molecule has 0 aliphatic carbocycles. The average molecular weight is 440 g/mol. The fraction of sp³-hybridized carbons (Fsp3) is 0.273. The Kier molecular flexibility index (Phi) is 5.90. The predicted octanol–water partition coefficient (Wildman–Crippen LogP) is 3.42. The van der Waals surface area contributed by atoms with Gasteiger partial charge in [0.05, 0.1) is 25.9 Å². The minimum Gasteiger partial charge on any atom is -0.494 e. The Morgan fingerprint density at radius 3 is 2.87 bits per heavy atom. The van der Waals surface area contributed by atoms with Gasteiger partial charge in [-0.05, 0) is 49.8 Å². The van der Waals surface area contributed by atoms with Gasteiger partial charge < -0.3 is 14.4 Å². The van der Waals surface area contributed by atoms with Gasteiger partial charge in [-0.15, -0.1) is 0 Å². The summed E-state index contributed by atoms with van der Waals surface area (Å²) < 4.78 is 13.0. The second-order valence-corrected chi connectivity index (χ2v) is 7.63. The lowest BCUT2D eigenvalue weighted by molar-refractivity contribution is -0.139. The fourth-order valence-electron chi connectivity index (χ4n) is 3.41. The number of hydrogen-bond donors (Lipinski definition) is 0. The molecule has 2 aromatic heterocycles. The zero-order chi connectivity index (χ0) is 22.0. The number of nitrogens with zero attached hydrogens (tertiary/aromatic N) is 5. The molecule has 31 heavy (non-hydrogen) atoms. The molecule has 1 aromatic carbocycles. The number of benzene rings is 1. The molecule has 0 spiro atoms. The largest absolute Gasteiger partial charge is 0.494 e. The van der Waals surface area contributed by atoms with Crippen molar-refractivity contribution in [3.63, 3.8) is 0 Å². The van der Waals surface area contributed by atoms with E-state index in [1.807, 2.05) is 44.2 Å². The molecule has 1 aliphatic rings. The molecule has 0 N–H and O–H groups in total. The molecule has 1 amide bonds. The van der Waals surface area contributed by atoms with Gasteiger partial charge in [0, 0.05) is 0 Å². The zero-order valence-electron chi connectivity index (χ0n) is 17.4. The molecule has 3 heterocycles. The van der Waals surface area contributed by atoms with Gasteiger partial charge in [0.15, 0.2) is 5.76 Å². The van der Waals surface area contributed by atoms with Crippen LogP contribution in [0.5, 0.6) is 5.75 Å². The average Bonchev–Trinajstić information content (AvgIpc) is 3.17. The van der Waals surface area contributed by atoms with Crippen molar-refractivity contribution in [2.75, 3.05) is 13.7 Å². The third kappa shape index (κ3) is 4.69. The van der Waals surface area contributed by atoms with Crippen molar-refractivity contribution < 1.29 is 14.3 Å². The van der Waals surface area contributed by atoms with E-state index in [0.717, 1.165) is 16.9 Å². The van der Waals surface area contributed by atoms with Gasteiger partial charge >= 0.3 is 0 Å². The Balaban J connectivity index is 1.60. The van der Waals surface area contributed by atoms with Crippen molar-refractivity contribution in [3.05, 3.63) is 70.7 Å². The van der Waals surface area contributed by atoms with Crippen LogP contribution in [0.3, 0.4) is 0 Å². The lowest BCUT2D eigenvalue weighted by atomic mass is 10.1. The van der Waals surface area contributed by atoms with E-state index in [1.165, 1.54) is 0 Å². The number of carbonyl (C=O) groups excluding carboxylic acids is 1. The number of morpholine rings is 1. The van der Waals surface area contributed by atoms with Crippen LogP contribution in [0.15, 0.2) is 48.5 Å². The maximum Gasteiger partial charge on any atom is 0.289 e. The van der Waals surface area contributed by atoms with E-state index in [1.54, 1.807) is 35.2 Å². The highest BCUT2D eigenvalue weighted by molar-refractivity contribution is 6.29. The van der Waals surface area contributed by atoms with Gasteiger partial charge in [0.1, 0.15) is 34.8 Å². The summed E-state index contributed by atoms with van der Waals surface area (Å²) in [4.78, 5) is 23.2. The molecule has 4 rings (SSSR count). The minimum atomic E-state index is -0.199. The van der Waals surface area contributed by atoms with Crippen LogP contribution in [0.25, 0.3) is 11.8 Å². The maximum absolute atomic E-state index is 13.0. The van der Waals surface area contributed by atoms with E-state index >= 15 is 0 Å².